The van der Waals surface area contributed by atoms with Crippen LogP contribution in [0.15, 0.2) is 85.6 Å². The van der Waals surface area contributed by atoms with Crippen LogP contribution in [0.1, 0.15) is 0 Å². The van der Waals surface area contributed by atoms with Crippen molar-refractivity contribution < 1.29 is 0 Å². The lowest BCUT2D eigenvalue weighted by molar-refractivity contribution is 1.22. The molecule has 0 aliphatic heterocycles. The largest absolute Gasteiger partial charge is 0.255 e. The van der Waals surface area contributed by atoms with Gasteiger partial charge in [-0.1, -0.05) is 18.2 Å². The molecule has 2 aromatic carbocycles. The minimum absolute atomic E-state index is 0.802. The van der Waals surface area contributed by atoms with Crippen molar-refractivity contribution >= 4 is 33.0 Å². The number of rotatable bonds is 2. The molecule has 0 aliphatic carbocycles. The van der Waals surface area contributed by atoms with Crippen LogP contribution in [0.2, 0.25) is 0 Å². The number of nitrogens with zero attached hydrogens (tertiary/aromatic N) is 6. The molecular weight excluding hydrogens is 372 g/mol. The van der Waals surface area contributed by atoms with Crippen LogP contribution in [-0.4, -0.2) is 29.9 Å². The molecule has 0 N–H and O–H groups in total. The first-order chi connectivity index (χ1) is 14.8. The first kappa shape index (κ1) is 16.6. The van der Waals surface area contributed by atoms with Crippen molar-refractivity contribution in [1.82, 2.24) is 29.9 Å². The average molecular weight is 386 g/mol. The number of hydrogen-bond donors (Lipinski definition) is 0. The quantitative estimate of drug-likeness (QED) is 0.423. The number of hydrogen-bond acceptors (Lipinski definition) is 6. The fourth-order valence-corrected chi connectivity index (χ4v) is 3.56. The average Bonchev–Trinajstić information content (AvgIpc) is 2.82. The molecule has 0 amide bonds. The van der Waals surface area contributed by atoms with Gasteiger partial charge in [0.15, 0.2) is 0 Å². The van der Waals surface area contributed by atoms with Crippen LogP contribution in [-0.2, 0) is 0 Å². The van der Waals surface area contributed by atoms with E-state index in [2.05, 4.69) is 19.9 Å². The summed E-state index contributed by atoms with van der Waals surface area (Å²) in [5.74, 6) is 0. The summed E-state index contributed by atoms with van der Waals surface area (Å²) in [6.45, 7) is 0. The summed E-state index contributed by atoms with van der Waals surface area (Å²) >= 11 is 0. The van der Waals surface area contributed by atoms with Gasteiger partial charge in [0, 0.05) is 28.9 Å². The van der Waals surface area contributed by atoms with Crippen molar-refractivity contribution in [2.24, 2.45) is 0 Å². The normalized spacial score (nSPS) is 11.3. The highest BCUT2D eigenvalue weighted by Crippen LogP contribution is 2.26. The molecule has 0 radical (unpaired) electrons. The van der Waals surface area contributed by atoms with E-state index in [9.17, 15) is 0 Å². The van der Waals surface area contributed by atoms with Crippen molar-refractivity contribution in [3.8, 4) is 22.5 Å². The van der Waals surface area contributed by atoms with Gasteiger partial charge in [0.2, 0.25) is 0 Å². The van der Waals surface area contributed by atoms with E-state index in [-0.39, 0.29) is 0 Å². The highest BCUT2D eigenvalue weighted by molar-refractivity contribution is 5.86. The molecular formula is C24H14N6. The Morgan fingerprint density at radius 2 is 1.33 bits per heavy atom. The zero-order valence-corrected chi connectivity index (χ0v) is 15.8. The standard InChI is InChI=1S/C24H14N6/c1-2-21-19(26-9-1)8-7-18(29-21)15-5-6-20-23(11-15)30-24(13-27-20)16-3-4-17-12-25-14-28-22(17)10-16/h1-14H. The SMILES string of the molecule is c1cnc2ccc(-c3ccc4ncc(-c5ccc6cncnc6c5)nc4c3)nc2c1. The lowest BCUT2D eigenvalue weighted by Crippen LogP contribution is -1.91. The molecule has 0 bridgehead atoms. The second-order valence-corrected chi connectivity index (χ2v) is 6.99. The molecule has 4 aromatic heterocycles. The van der Waals surface area contributed by atoms with Gasteiger partial charge >= 0.3 is 0 Å². The van der Waals surface area contributed by atoms with Crippen molar-refractivity contribution in [2.75, 3.05) is 0 Å². The first-order valence-corrected chi connectivity index (χ1v) is 9.53. The van der Waals surface area contributed by atoms with Crippen molar-refractivity contribution in [3.63, 3.8) is 0 Å². The zero-order chi connectivity index (χ0) is 19.9. The van der Waals surface area contributed by atoms with Crippen LogP contribution in [0, 0.1) is 0 Å². The summed E-state index contributed by atoms with van der Waals surface area (Å²) < 4.78 is 0. The van der Waals surface area contributed by atoms with Gasteiger partial charge in [0.25, 0.3) is 0 Å². The molecule has 0 saturated heterocycles. The second-order valence-electron chi connectivity index (χ2n) is 6.99. The molecule has 140 valence electrons. The molecule has 6 rings (SSSR count). The summed E-state index contributed by atoms with van der Waals surface area (Å²) in [5, 5.41) is 0.995. The Labute approximate surface area is 171 Å². The van der Waals surface area contributed by atoms with Crippen molar-refractivity contribution in [2.45, 2.75) is 0 Å². The molecule has 0 fully saturated rings. The second kappa shape index (κ2) is 6.63. The smallest absolute Gasteiger partial charge is 0.116 e. The summed E-state index contributed by atoms with van der Waals surface area (Å²) in [6, 6.07) is 19.9. The Morgan fingerprint density at radius 1 is 0.533 bits per heavy atom. The monoisotopic (exact) mass is 386 g/mol. The third-order valence-corrected chi connectivity index (χ3v) is 5.10. The molecule has 0 aliphatic rings. The van der Waals surface area contributed by atoms with Crippen LogP contribution >= 0.6 is 0 Å². The molecule has 6 aromatic rings. The van der Waals surface area contributed by atoms with Gasteiger partial charge in [0.1, 0.15) is 6.33 Å². The third kappa shape index (κ3) is 2.82. The Morgan fingerprint density at radius 3 is 2.33 bits per heavy atom. The summed E-state index contributed by atoms with van der Waals surface area (Å²) in [7, 11) is 0. The molecule has 6 heteroatoms. The van der Waals surface area contributed by atoms with E-state index in [4.69, 9.17) is 9.97 Å². The Kier molecular flexibility index (Phi) is 3.67. The van der Waals surface area contributed by atoms with Crippen LogP contribution in [0.25, 0.3) is 55.5 Å². The molecule has 4 heterocycles. The van der Waals surface area contributed by atoms with Gasteiger partial charge in [-0.05, 0) is 42.5 Å². The van der Waals surface area contributed by atoms with Crippen molar-refractivity contribution in [3.05, 3.63) is 85.6 Å². The van der Waals surface area contributed by atoms with Gasteiger partial charge in [0.05, 0.1) is 45.2 Å². The molecule has 0 spiro atoms. The molecule has 30 heavy (non-hydrogen) atoms. The Balaban J connectivity index is 1.46. The zero-order valence-electron chi connectivity index (χ0n) is 15.8. The highest BCUT2D eigenvalue weighted by atomic mass is 14.8. The van der Waals surface area contributed by atoms with Gasteiger partial charge in [-0.3, -0.25) is 9.97 Å². The number of fused-ring (bicyclic) bond motifs is 3. The van der Waals surface area contributed by atoms with Gasteiger partial charge in [-0.15, -0.1) is 0 Å². The van der Waals surface area contributed by atoms with E-state index < -0.39 is 0 Å². The fraction of sp³-hybridized carbons (Fsp3) is 0. The lowest BCUT2D eigenvalue weighted by Gasteiger charge is -2.07. The van der Waals surface area contributed by atoms with Gasteiger partial charge in [-0.25, -0.2) is 19.9 Å². The number of aromatic nitrogens is 6. The third-order valence-electron chi connectivity index (χ3n) is 5.10. The van der Waals surface area contributed by atoms with Crippen LogP contribution < -0.4 is 0 Å². The van der Waals surface area contributed by atoms with Crippen LogP contribution in [0.3, 0.4) is 0 Å². The minimum Gasteiger partial charge on any atom is -0.255 e. The van der Waals surface area contributed by atoms with E-state index in [0.717, 1.165) is 55.5 Å². The maximum Gasteiger partial charge on any atom is 0.116 e. The molecule has 0 unspecified atom stereocenters. The Bertz CT molecular complexity index is 1450. The molecule has 6 nitrogen and oxygen atoms in total. The van der Waals surface area contributed by atoms with Crippen LogP contribution in [0.4, 0.5) is 0 Å². The lowest BCUT2D eigenvalue weighted by atomic mass is 10.1. The predicted octanol–water partition coefficient (Wildman–Crippen LogP) is 4.85. The van der Waals surface area contributed by atoms with E-state index in [1.165, 1.54) is 0 Å². The summed E-state index contributed by atoms with van der Waals surface area (Å²) in [6.07, 6.45) is 6.92. The predicted molar refractivity (Wildman–Crippen MR) is 117 cm³/mol. The van der Waals surface area contributed by atoms with Gasteiger partial charge < -0.3 is 0 Å². The van der Waals surface area contributed by atoms with E-state index in [1.54, 1.807) is 24.9 Å². The number of pyridine rings is 2. The highest BCUT2D eigenvalue weighted by Gasteiger charge is 2.08. The van der Waals surface area contributed by atoms with E-state index in [0.29, 0.717) is 0 Å². The van der Waals surface area contributed by atoms with Crippen LogP contribution in [0.5, 0.6) is 0 Å². The topological polar surface area (TPSA) is 77.3 Å². The van der Waals surface area contributed by atoms with Gasteiger partial charge in [-0.2, -0.15) is 0 Å². The summed E-state index contributed by atoms with van der Waals surface area (Å²) in [5.41, 5.74) is 7.93. The fourth-order valence-electron chi connectivity index (χ4n) is 3.56. The molecule has 0 atom stereocenters. The van der Waals surface area contributed by atoms with E-state index in [1.807, 2.05) is 60.7 Å². The minimum atomic E-state index is 0.802. The maximum atomic E-state index is 4.85. The van der Waals surface area contributed by atoms with E-state index >= 15 is 0 Å². The first-order valence-electron chi connectivity index (χ1n) is 9.53. The number of benzene rings is 2. The maximum absolute atomic E-state index is 4.85. The Hall–Kier alpha value is -4.32. The molecule has 0 saturated carbocycles. The summed E-state index contributed by atoms with van der Waals surface area (Å²) in [4.78, 5) is 26.9. The van der Waals surface area contributed by atoms with Crippen molar-refractivity contribution in [1.29, 1.82) is 0 Å².